The maximum absolute atomic E-state index is 12.2. The molecule has 3 aromatic rings. The number of thiazole rings is 1. The van der Waals surface area contributed by atoms with E-state index in [2.05, 4.69) is 15.3 Å². The zero-order valence-corrected chi connectivity index (χ0v) is 15.3. The highest BCUT2D eigenvalue weighted by molar-refractivity contribution is 7.15. The summed E-state index contributed by atoms with van der Waals surface area (Å²) < 4.78 is 8.45. The smallest absolute Gasteiger partial charge is 0.351 e. The number of nitrogen functional groups attached to an aromatic ring is 1. The van der Waals surface area contributed by atoms with Crippen LogP contribution in [0.3, 0.4) is 0 Å². The van der Waals surface area contributed by atoms with Crippen molar-refractivity contribution in [2.45, 2.75) is 31.0 Å². The Balaban J connectivity index is 1.37. The number of nitrogens with one attached hydrogen (secondary N) is 1. The number of carbonyl (C=O) groups is 1. The van der Waals surface area contributed by atoms with E-state index in [-0.39, 0.29) is 24.7 Å². The third-order valence-electron chi connectivity index (χ3n) is 4.45. The van der Waals surface area contributed by atoms with Crippen molar-refractivity contribution in [3.05, 3.63) is 46.2 Å². The van der Waals surface area contributed by atoms with Crippen LogP contribution in [0.2, 0.25) is 0 Å². The fourth-order valence-electron chi connectivity index (χ4n) is 3.05. The molecule has 0 unspecified atom stereocenters. The largest absolute Gasteiger partial charge is 0.387 e. The van der Waals surface area contributed by atoms with Gasteiger partial charge in [-0.05, 0) is 6.07 Å². The maximum Gasteiger partial charge on any atom is 0.351 e. The van der Waals surface area contributed by atoms with Crippen LogP contribution in [0.1, 0.15) is 11.9 Å². The molecule has 0 saturated carbocycles. The number of ether oxygens (including phenoxy) is 1. The summed E-state index contributed by atoms with van der Waals surface area (Å²) >= 11 is 1.47. The van der Waals surface area contributed by atoms with Crippen molar-refractivity contribution in [2.75, 3.05) is 12.3 Å². The lowest BCUT2D eigenvalue weighted by Gasteiger charge is -2.17. The van der Waals surface area contributed by atoms with Gasteiger partial charge in [-0.1, -0.05) is 0 Å². The SMILES string of the molecule is Nc1ccn([C@@H]2O[C@H](CNC(=O)Cc3cn4ccsc4n3)[C@@H](O)[C@H]2O)c(=O)n1. The zero-order chi connectivity index (χ0) is 19.8. The number of anilines is 1. The van der Waals surface area contributed by atoms with Gasteiger partial charge < -0.3 is 26.0 Å². The number of fused-ring (bicyclic) bond motifs is 1. The second-order valence-electron chi connectivity index (χ2n) is 6.39. The first-order valence-electron chi connectivity index (χ1n) is 8.46. The highest BCUT2D eigenvalue weighted by atomic mass is 32.1. The number of rotatable bonds is 5. The van der Waals surface area contributed by atoms with E-state index in [4.69, 9.17) is 10.5 Å². The number of hydrogen-bond donors (Lipinski definition) is 4. The molecule has 0 aliphatic carbocycles. The molecule has 1 saturated heterocycles. The molecule has 4 rings (SSSR count). The summed E-state index contributed by atoms with van der Waals surface area (Å²) in [5.74, 6) is -0.261. The number of aliphatic hydroxyl groups excluding tert-OH is 2. The van der Waals surface area contributed by atoms with Gasteiger partial charge in [0.2, 0.25) is 5.91 Å². The minimum Gasteiger partial charge on any atom is -0.387 e. The number of amides is 1. The molecular formula is C16H18N6O5S. The minimum absolute atomic E-state index is 0.0348. The number of nitrogens with zero attached hydrogens (tertiary/aromatic N) is 4. The molecule has 148 valence electrons. The Morgan fingerprint density at radius 1 is 1.32 bits per heavy atom. The van der Waals surface area contributed by atoms with E-state index < -0.39 is 30.2 Å². The third-order valence-corrected chi connectivity index (χ3v) is 5.22. The number of hydrogen-bond acceptors (Lipinski definition) is 9. The molecule has 12 heteroatoms. The van der Waals surface area contributed by atoms with Gasteiger partial charge in [0.25, 0.3) is 0 Å². The van der Waals surface area contributed by atoms with Crippen LogP contribution in [0, 0.1) is 0 Å². The molecule has 3 aromatic heterocycles. The van der Waals surface area contributed by atoms with E-state index in [0.717, 1.165) is 9.53 Å². The van der Waals surface area contributed by atoms with Crippen LogP contribution in [0.4, 0.5) is 5.82 Å². The Bertz CT molecular complexity index is 1030. The number of carbonyl (C=O) groups excluding carboxylic acids is 1. The first kappa shape index (κ1) is 18.6. The van der Waals surface area contributed by atoms with Crippen LogP contribution in [-0.4, -0.2) is 59.9 Å². The standard InChI is InChI=1S/C16H18N6O5S/c17-10-1-2-22(15(26)20-10)14-13(25)12(24)9(27-14)6-18-11(23)5-8-7-21-3-4-28-16(21)19-8/h1-4,7,9,12-14,24-25H,5-6H2,(H,18,23)(H2,17,20,26)/t9-,12-,13-,14-/m1/s1. The van der Waals surface area contributed by atoms with Gasteiger partial charge in [-0.2, -0.15) is 4.98 Å². The van der Waals surface area contributed by atoms with E-state index in [0.29, 0.717) is 5.69 Å². The van der Waals surface area contributed by atoms with Crippen LogP contribution in [0.15, 0.2) is 34.8 Å². The number of aromatic nitrogens is 4. The second-order valence-corrected chi connectivity index (χ2v) is 7.27. The van der Waals surface area contributed by atoms with Gasteiger partial charge in [-0.15, -0.1) is 11.3 Å². The van der Waals surface area contributed by atoms with Crippen LogP contribution in [0.25, 0.3) is 4.96 Å². The summed E-state index contributed by atoms with van der Waals surface area (Å²) in [5.41, 5.74) is 5.36. The van der Waals surface area contributed by atoms with Gasteiger partial charge in [0, 0.05) is 30.5 Å². The quantitative estimate of drug-likeness (QED) is 0.399. The third kappa shape index (κ3) is 3.49. The average molecular weight is 406 g/mol. The molecule has 1 amide bonds. The van der Waals surface area contributed by atoms with Crippen LogP contribution in [0.5, 0.6) is 0 Å². The second kappa shape index (κ2) is 7.31. The van der Waals surface area contributed by atoms with Gasteiger partial charge in [0.05, 0.1) is 12.1 Å². The Kier molecular flexibility index (Phi) is 4.85. The predicted molar refractivity (Wildman–Crippen MR) is 98.6 cm³/mol. The number of aliphatic hydroxyl groups is 2. The summed E-state index contributed by atoms with van der Waals surface area (Å²) in [7, 11) is 0. The molecular weight excluding hydrogens is 388 g/mol. The Labute approximate surface area is 162 Å². The lowest BCUT2D eigenvalue weighted by Crippen LogP contribution is -2.40. The molecule has 1 aliphatic rings. The summed E-state index contributed by atoms with van der Waals surface area (Å²) in [4.78, 5) is 32.8. The molecule has 0 spiro atoms. The van der Waals surface area contributed by atoms with Crippen molar-refractivity contribution < 1.29 is 19.7 Å². The van der Waals surface area contributed by atoms with E-state index >= 15 is 0 Å². The summed E-state index contributed by atoms with van der Waals surface area (Å²) in [6.45, 7) is -0.0348. The van der Waals surface area contributed by atoms with Crippen molar-refractivity contribution in [3.8, 4) is 0 Å². The van der Waals surface area contributed by atoms with Crippen molar-refractivity contribution >= 4 is 28.0 Å². The van der Waals surface area contributed by atoms with Gasteiger partial charge >= 0.3 is 5.69 Å². The van der Waals surface area contributed by atoms with Crippen LogP contribution in [-0.2, 0) is 16.0 Å². The first-order valence-corrected chi connectivity index (χ1v) is 9.34. The Morgan fingerprint density at radius 2 is 2.14 bits per heavy atom. The topological polar surface area (TPSA) is 157 Å². The van der Waals surface area contributed by atoms with Crippen molar-refractivity contribution in [2.24, 2.45) is 0 Å². The van der Waals surface area contributed by atoms with Gasteiger partial charge in [0.15, 0.2) is 11.2 Å². The average Bonchev–Trinajstić information content (AvgIpc) is 3.30. The van der Waals surface area contributed by atoms with Crippen molar-refractivity contribution in [3.63, 3.8) is 0 Å². The number of imidazole rings is 1. The summed E-state index contributed by atoms with van der Waals surface area (Å²) in [5, 5.41) is 25.0. The van der Waals surface area contributed by atoms with E-state index in [1.165, 1.54) is 23.6 Å². The van der Waals surface area contributed by atoms with Crippen LogP contribution < -0.4 is 16.7 Å². The monoisotopic (exact) mass is 406 g/mol. The molecule has 28 heavy (non-hydrogen) atoms. The van der Waals surface area contributed by atoms with Gasteiger partial charge in [-0.3, -0.25) is 13.8 Å². The van der Waals surface area contributed by atoms with E-state index in [9.17, 15) is 19.8 Å². The highest BCUT2D eigenvalue weighted by Crippen LogP contribution is 2.28. The first-order chi connectivity index (χ1) is 13.4. The highest BCUT2D eigenvalue weighted by Gasteiger charge is 2.44. The molecule has 0 bridgehead atoms. The molecule has 1 fully saturated rings. The molecule has 1 aliphatic heterocycles. The van der Waals surface area contributed by atoms with Crippen molar-refractivity contribution in [1.82, 2.24) is 24.3 Å². The lowest BCUT2D eigenvalue weighted by atomic mass is 10.1. The van der Waals surface area contributed by atoms with Gasteiger partial charge in [0.1, 0.15) is 24.1 Å². The van der Waals surface area contributed by atoms with E-state index in [1.54, 1.807) is 6.20 Å². The molecule has 0 radical (unpaired) electrons. The predicted octanol–water partition coefficient (Wildman–Crippen LogP) is -1.49. The molecule has 4 atom stereocenters. The van der Waals surface area contributed by atoms with Gasteiger partial charge in [-0.25, -0.2) is 9.78 Å². The Hall–Kier alpha value is -2.80. The van der Waals surface area contributed by atoms with E-state index in [1.807, 2.05) is 16.0 Å². The minimum atomic E-state index is -1.36. The van der Waals surface area contributed by atoms with Crippen LogP contribution >= 0.6 is 11.3 Å². The Morgan fingerprint density at radius 3 is 2.89 bits per heavy atom. The molecule has 4 heterocycles. The number of nitrogens with two attached hydrogens (primary N) is 1. The normalized spacial score (nSPS) is 24.6. The fraction of sp³-hybridized carbons (Fsp3) is 0.375. The lowest BCUT2D eigenvalue weighted by molar-refractivity contribution is -0.121. The zero-order valence-electron chi connectivity index (χ0n) is 14.5. The molecule has 11 nitrogen and oxygen atoms in total. The fourth-order valence-corrected chi connectivity index (χ4v) is 3.77. The summed E-state index contributed by atoms with van der Waals surface area (Å²) in [6.07, 6.45) is 0.370. The molecule has 5 N–H and O–H groups in total. The maximum atomic E-state index is 12.2. The summed E-state index contributed by atoms with van der Waals surface area (Å²) in [6, 6.07) is 1.38. The molecule has 0 aromatic carbocycles. The van der Waals surface area contributed by atoms with Crippen molar-refractivity contribution in [1.29, 1.82) is 0 Å².